The molecule has 1 atom stereocenters. The predicted molar refractivity (Wildman–Crippen MR) is 81.0 cm³/mol. The summed E-state index contributed by atoms with van der Waals surface area (Å²) in [5.74, 6) is -0.342. The summed E-state index contributed by atoms with van der Waals surface area (Å²) in [5.41, 5.74) is 8.59. The number of anilines is 1. The first-order chi connectivity index (χ1) is 9.52. The number of hydrogen-bond donors (Lipinski definition) is 1. The zero-order valence-electron chi connectivity index (χ0n) is 11.6. The fraction of sp³-hybridized carbons (Fsp3) is 0.429. The number of carbonyl (C=O) groups excluding carboxylic acids is 1. The number of carbonyl (C=O) groups is 1. The Bertz CT molecular complexity index is 533. The van der Waals surface area contributed by atoms with Crippen molar-refractivity contribution >= 4 is 28.9 Å². The lowest BCUT2D eigenvalue weighted by molar-refractivity contribution is -0.154. The molecule has 6 heteroatoms. The van der Waals surface area contributed by atoms with Gasteiger partial charge in [0.1, 0.15) is 4.99 Å². The molecule has 108 valence electrons. The Morgan fingerprint density at radius 3 is 2.90 bits per heavy atom. The van der Waals surface area contributed by atoms with Crippen LogP contribution in [0.1, 0.15) is 11.1 Å². The molecule has 0 radical (unpaired) electrons. The summed E-state index contributed by atoms with van der Waals surface area (Å²) in [6, 6.07) is 5.89. The zero-order valence-corrected chi connectivity index (χ0v) is 12.4. The van der Waals surface area contributed by atoms with Gasteiger partial charge in [-0.3, -0.25) is 0 Å². The quantitative estimate of drug-likeness (QED) is 0.663. The van der Waals surface area contributed by atoms with Crippen molar-refractivity contribution in [1.82, 2.24) is 0 Å². The Hall–Kier alpha value is -1.66. The second-order valence-corrected chi connectivity index (χ2v) is 5.13. The van der Waals surface area contributed by atoms with Gasteiger partial charge in [0.15, 0.2) is 6.10 Å². The number of ether oxygens (including phenoxy) is 2. The molecular formula is C14H18N2O3S. The van der Waals surface area contributed by atoms with Crippen LogP contribution in [0.15, 0.2) is 18.2 Å². The molecule has 0 aromatic heterocycles. The Morgan fingerprint density at radius 1 is 1.55 bits per heavy atom. The van der Waals surface area contributed by atoms with Crippen LogP contribution in [-0.4, -0.2) is 43.9 Å². The van der Waals surface area contributed by atoms with Gasteiger partial charge in [0.05, 0.1) is 20.3 Å². The fourth-order valence-electron chi connectivity index (χ4n) is 2.28. The molecule has 0 amide bonds. The number of morpholine rings is 1. The normalized spacial score (nSPS) is 18.7. The topological polar surface area (TPSA) is 64.8 Å². The van der Waals surface area contributed by atoms with E-state index in [1.807, 2.05) is 25.1 Å². The van der Waals surface area contributed by atoms with Crippen LogP contribution in [0.25, 0.3) is 0 Å². The van der Waals surface area contributed by atoms with E-state index in [2.05, 4.69) is 4.90 Å². The van der Waals surface area contributed by atoms with Gasteiger partial charge >= 0.3 is 5.97 Å². The molecule has 1 aromatic rings. The minimum atomic E-state index is -0.538. The van der Waals surface area contributed by atoms with Crippen LogP contribution in [-0.2, 0) is 14.3 Å². The molecule has 0 spiro atoms. The smallest absolute Gasteiger partial charge is 0.336 e. The third kappa shape index (κ3) is 3.08. The van der Waals surface area contributed by atoms with E-state index in [9.17, 15) is 4.79 Å². The minimum Gasteiger partial charge on any atom is -0.467 e. The zero-order chi connectivity index (χ0) is 14.7. The molecule has 20 heavy (non-hydrogen) atoms. The van der Waals surface area contributed by atoms with Gasteiger partial charge in [-0.15, -0.1) is 0 Å². The van der Waals surface area contributed by atoms with Crippen molar-refractivity contribution < 1.29 is 14.3 Å². The minimum absolute atomic E-state index is 0.342. The van der Waals surface area contributed by atoms with E-state index in [4.69, 9.17) is 27.4 Å². The van der Waals surface area contributed by atoms with Gasteiger partial charge in [0.2, 0.25) is 0 Å². The van der Waals surface area contributed by atoms with Crippen LogP contribution >= 0.6 is 12.2 Å². The van der Waals surface area contributed by atoms with E-state index in [-0.39, 0.29) is 5.97 Å². The number of aryl methyl sites for hydroxylation is 1. The monoisotopic (exact) mass is 294 g/mol. The molecule has 2 N–H and O–H groups in total. The Labute approximate surface area is 123 Å². The van der Waals surface area contributed by atoms with Gasteiger partial charge in [-0.25, -0.2) is 4.79 Å². The van der Waals surface area contributed by atoms with Gasteiger partial charge in [0, 0.05) is 17.8 Å². The van der Waals surface area contributed by atoms with Crippen molar-refractivity contribution in [1.29, 1.82) is 0 Å². The number of rotatable bonds is 3. The number of nitrogens with two attached hydrogens (primary N) is 1. The van der Waals surface area contributed by atoms with Crippen molar-refractivity contribution in [3.8, 4) is 0 Å². The largest absolute Gasteiger partial charge is 0.467 e. The van der Waals surface area contributed by atoms with Gasteiger partial charge < -0.3 is 20.1 Å². The number of nitrogens with zero attached hydrogens (tertiary/aromatic N) is 1. The lowest BCUT2D eigenvalue weighted by Gasteiger charge is -2.33. The van der Waals surface area contributed by atoms with Crippen molar-refractivity contribution in [2.75, 3.05) is 31.7 Å². The Morgan fingerprint density at radius 2 is 2.30 bits per heavy atom. The van der Waals surface area contributed by atoms with Gasteiger partial charge in [-0.2, -0.15) is 0 Å². The van der Waals surface area contributed by atoms with E-state index in [1.54, 1.807) is 0 Å². The summed E-state index contributed by atoms with van der Waals surface area (Å²) in [7, 11) is 1.37. The SMILES string of the molecule is COC(=O)C1CN(c2ccc(C(N)=S)c(C)c2)CCO1. The van der Waals surface area contributed by atoms with Crippen molar-refractivity contribution in [2.24, 2.45) is 5.73 Å². The summed E-state index contributed by atoms with van der Waals surface area (Å²) in [6.07, 6.45) is -0.538. The van der Waals surface area contributed by atoms with Gasteiger partial charge in [-0.1, -0.05) is 12.2 Å². The first-order valence-electron chi connectivity index (χ1n) is 6.37. The summed E-state index contributed by atoms with van der Waals surface area (Å²) in [5, 5.41) is 0. The Balaban J connectivity index is 2.17. The third-order valence-corrected chi connectivity index (χ3v) is 3.59. The second-order valence-electron chi connectivity index (χ2n) is 4.69. The standard InChI is InChI=1S/C14H18N2O3S/c1-9-7-10(3-4-11(9)13(15)20)16-5-6-19-12(8-16)14(17)18-2/h3-4,7,12H,5-6,8H2,1-2H3,(H2,15,20). The molecule has 2 rings (SSSR count). The van der Waals surface area contributed by atoms with Crippen LogP contribution in [0.4, 0.5) is 5.69 Å². The lowest BCUT2D eigenvalue weighted by atomic mass is 10.1. The Kier molecular flexibility index (Phi) is 4.57. The maximum atomic E-state index is 11.5. The molecular weight excluding hydrogens is 276 g/mol. The van der Waals surface area contributed by atoms with Crippen molar-refractivity contribution in [3.05, 3.63) is 29.3 Å². The summed E-state index contributed by atoms with van der Waals surface area (Å²) < 4.78 is 10.1. The van der Waals surface area contributed by atoms with E-state index >= 15 is 0 Å². The predicted octanol–water partition coefficient (Wildman–Crippen LogP) is 1.01. The van der Waals surface area contributed by atoms with Crippen molar-refractivity contribution in [3.63, 3.8) is 0 Å². The second kappa shape index (κ2) is 6.19. The van der Waals surface area contributed by atoms with Crippen LogP contribution in [0, 0.1) is 6.92 Å². The maximum absolute atomic E-state index is 11.5. The molecule has 0 aliphatic carbocycles. The first kappa shape index (κ1) is 14.7. The molecule has 0 bridgehead atoms. The van der Waals surface area contributed by atoms with Crippen LogP contribution in [0.2, 0.25) is 0 Å². The molecule has 1 heterocycles. The molecule has 1 fully saturated rings. The highest BCUT2D eigenvalue weighted by Gasteiger charge is 2.27. The van der Waals surface area contributed by atoms with E-state index in [0.29, 0.717) is 18.1 Å². The molecule has 1 aliphatic rings. The molecule has 5 nitrogen and oxygen atoms in total. The van der Waals surface area contributed by atoms with Crippen LogP contribution in [0.3, 0.4) is 0 Å². The molecule has 0 saturated carbocycles. The lowest BCUT2D eigenvalue weighted by Crippen LogP contribution is -2.46. The molecule has 1 unspecified atom stereocenters. The number of esters is 1. The van der Waals surface area contributed by atoms with Crippen LogP contribution < -0.4 is 10.6 Å². The van der Waals surface area contributed by atoms with Gasteiger partial charge in [-0.05, 0) is 30.7 Å². The number of benzene rings is 1. The highest BCUT2D eigenvalue weighted by molar-refractivity contribution is 7.80. The third-order valence-electron chi connectivity index (χ3n) is 3.37. The highest BCUT2D eigenvalue weighted by Crippen LogP contribution is 2.22. The summed E-state index contributed by atoms with van der Waals surface area (Å²) in [6.45, 7) is 3.68. The first-order valence-corrected chi connectivity index (χ1v) is 6.78. The number of hydrogen-bond acceptors (Lipinski definition) is 5. The van der Waals surface area contributed by atoms with Gasteiger partial charge in [0.25, 0.3) is 0 Å². The average Bonchev–Trinajstić information content (AvgIpc) is 2.46. The molecule has 1 aromatic carbocycles. The molecule has 1 saturated heterocycles. The summed E-state index contributed by atoms with van der Waals surface area (Å²) >= 11 is 5.00. The number of methoxy groups -OCH3 is 1. The average molecular weight is 294 g/mol. The van der Waals surface area contributed by atoms with Crippen molar-refractivity contribution in [2.45, 2.75) is 13.0 Å². The fourth-order valence-corrected chi connectivity index (χ4v) is 2.51. The summed E-state index contributed by atoms with van der Waals surface area (Å²) in [4.78, 5) is 14.0. The highest BCUT2D eigenvalue weighted by atomic mass is 32.1. The molecule has 1 aliphatic heterocycles. The van der Waals surface area contributed by atoms with E-state index in [1.165, 1.54) is 7.11 Å². The van der Waals surface area contributed by atoms with Crippen LogP contribution in [0.5, 0.6) is 0 Å². The maximum Gasteiger partial charge on any atom is 0.336 e. The van der Waals surface area contributed by atoms with E-state index in [0.717, 1.165) is 23.4 Å². The van der Waals surface area contributed by atoms with E-state index < -0.39 is 6.10 Å². The number of thiocarbonyl (C=S) groups is 1.